The van der Waals surface area contributed by atoms with Crippen LogP contribution in [0.15, 0.2) is 48.0 Å². The third-order valence-electron chi connectivity index (χ3n) is 2.58. The van der Waals surface area contributed by atoms with Gasteiger partial charge in [0.15, 0.2) is 0 Å². The fraction of sp³-hybridized carbons (Fsp3) is 0. The van der Waals surface area contributed by atoms with Crippen molar-refractivity contribution in [2.24, 2.45) is 0 Å². The van der Waals surface area contributed by atoms with E-state index >= 15 is 0 Å². The molecule has 94 valence electrons. The molecule has 2 aromatic heterocycles. The second-order valence-electron chi connectivity index (χ2n) is 3.89. The van der Waals surface area contributed by atoms with Crippen LogP contribution in [0.25, 0.3) is 22.0 Å². The van der Waals surface area contributed by atoms with Gasteiger partial charge in [-0.05, 0) is 6.07 Å². The maximum Gasteiger partial charge on any atom is 0.144 e. The fourth-order valence-corrected chi connectivity index (χ4v) is 3.06. The Hall–Kier alpha value is -1.42. The van der Waals surface area contributed by atoms with E-state index < -0.39 is 0 Å². The number of halogens is 2. The highest BCUT2D eigenvalue weighted by Gasteiger charge is 2.11. The highest BCUT2D eigenvalue weighted by Crippen LogP contribution is 2.32. The average molecular weight is 307 g/mol. The largest absolute Gasteiger partial charge is 0.251 e. The summed E-state index contributed by atoms with van der Waals surface area (Å²) >= 11 is 13.5. The lowest BCUT2D eigenvalue weighted by atomic mass is 10.2. The summed E-state index contributed by atoms with van der Waals surface area (Å²) < 4.78 is 0. The zero-order valence-electron chi connectivity index (χ0n) is 9.68. The molecule has 3 rings (SSSR count). The summed E-state index contributed by atoms with van der Waals surface area (Å²) in [7, 11) is 0. The molecule has 2 nitrogen and oxygen atoms in total. The van der Waals surface area contributed by atoms with Crippen molar-refractivity contribution >= 4 is 34.5 Å². The number of pyridine rings is 1. The first-order valence-corrected chi connectivity index (χ1v) is 7.20. The Bertz CT molecular complexity index is 710. The lowest BCUT2D eigenvalue weighted by Crippen LogP contribution is -1.85. The van der Waals surface area contributed by atoms with Gasteiger partial charge in [-0.1, -0.05) is 53.5 Å². The first kappa shape index (κ1) is 12.6. The molecule has 0 bridgehead atoms. The summed E-state index contributed by atoms with van der Waals surface area (Å²) in [4.78, 5) is 8.81. The molecule has 0 atom stereocenters. The van der Waals surface area contributed by atoms with E-state index in [1.54, 1.807) is 12.3 Å². The minimum Gasteiger partial charge on any atom is -0.251 e. The molecule has 3 aromatic rings. The molecule has 0 unspecified atom stereocenters. The van der Waals surface area contributed by atoms with Crippen molar-refractivity contribution in [2.45, 2.75) is 0 Å². The van der Waals surface area contributed by atoms with Gasteiger partial charge in [0.25, 0.3) is 0 Å². The Morgan fingerprint density at radius 1 is 1.05 bits per heavy atom. The van der Waals surface area contributed by atoms with Crippen LogP contribution in [0.4, 0.5) is 0 Å². The minimum absolute atomic E-state index is 0.515. The van der Waals surface area contributed by atoms with E-state index in [0.29, 0.717) is 15.7 Å². The van der Waals surface area contributed by atoms with Crippen molar-refractivity contribution in [1.82, 2.24) is 9.97 Å². The molecular formula is C14H8Cl2N2S. The number of benzene rings is 1. The van der Waals surface area contributed by atoms with Gasteiger partial charge in [0, 0.05) is 17.1 Å². The van der Waals surface area contributed by atoms with Crippen LogP contribution in [0.5, 0.6) is 0 Å². The zero-order valence-corrected chi connectivity index (χ0v) is 12.0. The second kappa shape index (κ2) is 5.29. The van der Waals surface area contributed by atoms with Crippen molar-refractivity contribution in [3.05, 3.63) is 58.0 Å². The normalized spacial score (nSPS) is 10.6. The lowest BCUT2D eigenvalue weighted by Gasteiger charge is -1.99. The Morgan fingerprint density at radius 2 is 1.84 bits per heavy atom. The van der Waals surface area contributed by atoms with E-state index in [1.165, 1.54) is 11.3 Å². The molecule has 1 aromatic carbocycles. The monoisotopic (exact) mass is 306 g/mol. The Labute approximate surface area is 124 Å². The second-order valence-corrected chi connectivity index (χ2v) is 5.59. The van der Waals surface area contributed by atoms with E-state index in [9.17, 15) is 0 Å². The van der Waals surface area contributed by atoms with Crippen molar-refractivity contribution in [3.8, 4) is 22.0 Å². The van der Waals surface area contributed by atoms with Crippen LogP contribution >= 0.6 is 34.5 Å². The molecule has 0 aliphatic carbocycles. The highest BCUT2D eigenvalue weighted by atomic mass is 35.5. The number of thiazole rings is 1. The molecule has 2 heterocycles. The summed E-state index contributed by atoms with van der Waals surface area (Å²) in [6.07, 6.45) is 1.58. The topological polar surface area (TPSA) is 25.8 Å². The minimum atomic E-state index is 0.515. The molecule has 0 spiro atoms. The number of aromatic nitrogens is 2. The Morgan fingerprint density at radius 3 is 2.58 bits per heavy atom. The van der Waals surface area contributed by atoms with Gasteiger partial charge in [-0.15, -0.1) is 11.3 Å². The predicted octanol–water partition coefficient (Wildman–Crippen LogP) is 5.18. The van der Waals surface area contributed by atoms with Gasteiger partial charge in [-0.3, -0.25) is 4.98 Å². The van der Waals surface area contributed by atoms with Crippen molar-refractivity contribution < 1.29 is 0 Å². The molecule has 0 aliphatic heterocycles. The molecule has 0 N–H and O–H groups in total. The van der Waals surface area contributed by atoms with Crippen LogP contribution < -0.4 is 0 Å². The fourth-order valence-electron chi connectivity index (χ4n) is 1.70. The lowest BCUT2D eigenvalue weighted by molar-refractivity contribution is 1.29. The molecule has 0 saturated carbocycles. The predicted molar refractivity (Wildman–Crippen MR) is 80.8 cm³/mol. The standard InChI is InChI=1S/C14H8Cl2N2S/c15-10-6-11(16)13(17-7-10)14-18-12(8-19-14)9-4-2-1-3-5-9/h1-8H. The summed E-state index contributed by atoms with van der Waals surface area (Å²) in [5.41, 5.74) is 2.67. The Kier molecular flexibility index (Phi) is 3.51. The van der Waals surface area contributed by atoms with Gasteiger partial charge in [-0.25, -0.2) is 4.98 Å². The number of rotatable bonds is 2. The number of nitrogens with zero attached hydrogens (tertiary/aromatic N) is 2. The van der Waals surface area contributed by atoms with Crippen LogP contribution in [0.3, 0.4) is 0 Å². The molecule has 5 heteroatoms. The van der Waals surface area contributed by atoms with Crippen LogP contribution in [0, 0.1) is 0 Å². The summed E-state index contributed by atoms with van der Waals surface area (Å²) in [5, 5.41) is 3.83. The van der Waals surface area contributed by atoms with Crippen molar-refractivity contribution in [1.29, 1.82) is 0 Å². The van der Waals surface area contributed by atoms with Gasteiger partial charge >= 0.3 is 0 Å². The quantitative estimate of drug-likeness (QED) is 0.652. The molecule has 19 heavy (non-hydrogen) atoms. The summed E-state index contributed by atoms with van der Waals surface area (Å²) in [5.74, 6) is 0. The van der Waals surface area contributed by atoms with Crippen molar-refractivity contribution in [2.75, 3.05) is 0 Å². The Balaban J connectivity index is 2.02. The zero-order chi connectivity index (χ0) is 13.2. The number of hydrogen-bond acceptors (Lipinski definition) is 3. The molecular weight excluding hydrogens is 299 g/mol. The van der Waals surface area contributed by atoms with E-state index in [0.717, 1.165) is 16.3 Å². The summed E-state index contributed by atoms with van der Waals surface area (Å²) in [6, 6.07) is 11.7. The molecule has 0 saturated heterocycles. The maximum atomic E-state index is 6.14. The van der Waals surface area contributed by atoms with Crippen LogP contribution in [-0.4, -0.2) is 9.97 Å². The molecule has 0 radical (unpaired) electrons. The first-order chi connectivity index (χ1) is 9.24. The molecule has 0 fully saturated rings. The maximum absolute atomic E-state index is 6.14. The van der Waals surface area contributed by atoms with E-state index in [-0.39, 0.29) is 0 Å². The first-order valence-electron chi connectivity index (χ1n) is 5.56. The van der Waals surface area contributed by atoms with Gasteiger partial charge in [0.1, 0.15) is 10.7 Å². The van der Waals surface area contributed by atoms with Crippen LogP contribution in [0.1, 0.15) is 0 Å². The smallest absolute Gasteiger partial charge is 0.144 e. The molecule has 0 amide bonds. The SMILES string of the molecule is Clc1cnc(-c2nc(-c3ccccc3)cs2)c(Cl)c1. The van der Waals surface area contributed by atoms with E-state index in [2.05, 4.69) is 9.97 Å². The third kappa shape index (κ3) is 2.63. The average Bonchev–Trinajstić information content (AvgIpc) is 2.89. The highest BCUT2D eigenvalue weighted by molar-refractivity contribution is 7.13. The number of hydrogen-bond donors (Lipinski definition) is 0. The van der Waals surface area contributed by atoms with Crippen molar-refractivity contribution in [3.63, 3.8) is 0 Å². The van der Waals surface area contributed by atoms with Gasteiger partial charge in [0.2, 0.25) is 0 Å². The van der Waals surface area contributed by atoms with Crippen LogP contribution in [-0.2, 0) is 0 Å². The van der Waals surface area contributed by atoms with E-state index in [1.807, 2.05) is 35.7 Å². The third-order valence-corrected chi connectivity index (χ3v) is 3.93. The summed E-state index contributed by atoms with van der Waals surface area (Å²) in [6.45, 7) is 0. The van der Waals surface area contributed by atoms with E-state index in [4.69, 9.17) is 23.2 Å². The van der Waals surface area contributed by atoms with Gasteiger partial charge in [-0.2, -0.15) is 0 Å². The van der Waals surface area contributed by atoms with Gasteiger partial charge < -0.3 is 0 Å². The molecule has 0 aliphatic rings. The van der Waals surface area contributed by atoms with Gasteiger partial charge in [0.05, 0.1) is 15.7 Å². The van der Waals surface area contributed by atoms with Crippen LogP contribution in [0.2, 0.25) is 10.0 Å².